The standard InChI is InChI=1S/C24H24N4O3/c1-3-24(30)10-5-4-6-15(24)22-20(25)13-7-8-16-19(21(13)28-22)14(23(29)27-16)12-17-18(31-2)9-11-26-17/h4-12,15,19,21,25-26,30H,3H2,1-2H3,(H,27,29)/b14-12-,25-20?. The van der Waals surface area contributed by atoms with Crippen LogP contribution < -0.4 is 10.1 Å². The fourth-order valence-electron chi connectivity index (χ4n) is 4.81. The van der Waals surface area contributed by atoms with Crippen LogP contribution in [0, 0.1) is 17.2 Å². The van der Waals surface area contributed by atoms with Crippen LogP contribution in [-0.2, 0) is 4.79 Å². The van der Waals surface area contributed by atoms with Crippen LogP contribution in [0.5, 0.6) is 5.75 Å². The minimum atomic E-state index is -1.08. The molecule has 1 fully saturated rings. The minimum absolute atomic E-state index is 0.178. The average molecular weight is 416 g/mol. The van der Waals surface area contributed by atoms with Crippen LogP contribution in [-0.4, -0.2) is 46.2 Å². The van der Waals surface area contributed by atoms with Gasteiger partial charge in [0, 0.05) is 23.0 Å². The molecule has 0 spiro atoms. The van der Waals surface area contributed by atoms with E-state index in [2.05, 4.69) is 10.3 Å². The van der Waals surface area contributed by atoms with E-state index in [1.807, 2.05) is 37.3 Å². The number of methoxy groups -OCH3 is 1. The number of amides is 1. The zero-order valence-electron chi connectivity index (χ0n) is 17.3. The summed E-state index contributed by atoms with van der Waals surface area (Å²) in [6.45, 7) is 1.92. The summed E-state index contributed by atoms with van der Waals surface area (Å²) < 4.78 is 5.37. The second kappa shape index (κ2) is 7.06. The van der Waals surface area contributed by atoms with Gasteiger partial charge in [-0.15, -0.1) is 0 Å². The van der Waals surface area contributed by atoms with Crippen molar-refractivity contribution < 1.29 is 14.6 Å². The molecule has 31 heavy (non-hydrogen) atoms. The Hall–Kier alpha value is -3.45. The number of aliphatic hydroxyl groups is 1. The Labute approximate surface area is 180 Å². The smallest absolute Gasteiger partial charge is 0.252 e. The van der Waals surface area contributed by atoms with Crippen molar-refractivity contribution in [2.75, 3.05) is 7.11 Å². The fourth-order valence-corrected chi connectivity index (χ4v) is 4.81. The van der Waals surface area contributed by atoms with Gasteiger partial charge in [-0.3, -0.25) is 15.2 Å². The molecule has 4 aliphatic rings. The number of aliphatic imine (C=N–C) groups is 1. The van der Waals surface area contributed by atoms with Gasteiger partial charge in [0.15, 0.2) is 0 Å². The number of rotatable bonds is 4. The van der Waals surface area contributed by atoms with Crippen molar-refractivity contribution in [1.29, 1.82) is 5.41 Å². The Bertz CT molecular complexity index is 1160. The fraction of sp³-hybridized carbons (Fsp3) is 0.292. The molecule has 2 aliphatic carbocycles. The molecule has 158 valence electrons. The maximum absolute atomic E-state index is 12.8. The molecule has 0 bridgehead atoms. The van der Waals surface area contributed by atoms with E-state index in [0.717, 1.165) is 11.3 Å². The molecule has 7 heteroatoms. The first-order valence-electron chi connectivity index (χ1n) is 10.4. The lowest BCUT2D eigenvalue weighted by molar-refractivity contribution is -0.115. The van der Waals surface area contributed by atoms with Crippen LogP contribution in [0.3, 0.4) is 0 Å². The molecular formula is C24H24N4O3. The number of allylic oxidation sites excluding steroid dienone is 4. The molecule has 4 N–H and O–H groups in total. The maximum Gasteiger partial charge on any atom is 0.252 e. The summed E-state index contributed by atoms with van der Waals surface area (Å²) in [4.78, 5) is 20.8. The van der Waals surface area contributed by atoms with E-state index < -0.39 is 11.5 Å². The average Bonchev–Trinajstić information content (AvgIpc) is 3.45. The zero-order valence-corrected chi connectivity index (χ0v) is 17.3. The Kier molecular flexibility index (Phi) is 4.44. The molecule has 7 nitrogen and oxygen atoms in total. The van der Waals surface area contributed by atoms with Gasteiger partial charge in [0.05, 0.1) is 47.7 Å². The van der Waals surface area contributed by atoms with Gasteiger partial charge < -0.3 is 20.1 Å². The topological polar surface area (TPSA) is 111 Å². The van der Waals surface area contributed by atoms with E-state index in [-0.39, 0.29) is 17.9 Å². The molecule has 0 radical (unpaired) electrons. The first kappa shape index (κ1) is 19.5. The Balaban J connectivity index is 1.57. The highest BCUT2D eigenvalue weighted by atomic mass is 16.5. The van der Waals surface area contributed by atoms with E-state index in [1.54, 1.807) is 31.5 Å². The number of fused-ring (bicyclic) bond motifs is 3. The number of carbonyl (C=O) groups is 1. The molecule has 2 aliphatic heterocycles. The highest BCUT2D eigenvalue weighted by Crippen LogP contribution is 2.43. The first-order chi connectivity index (χ1) is 15.0. The number of nitrogens with one attached hydrogen (secondary N) is 3. The summed E-state index contributed by atoms with van der Waals surface area (Å²) in [6, 6.07) is 1.42. The van der Waals surface area contributed by atoms with Gasteiger partial charge in [-0.1, -0.05) is 37.3 Å². The van der Waals surface area contributed by atoms with Crippen molar-refractivity contribution in [2.24, 2.45) is 16.8 Å². The molecule has 1 aromatic heterocycles. The molecule has 1 aromatic rings. The summed E-state index contributed by atoms with van der Waals surface area (Å²) in [5.41, 5.74) is 2.64. The van der Waals surface area contributed by atoms with Crippen LogP contribution >= 0.6 is 0 Å². The molecular weight excluding hydrogens is 392 g/mol. The largest absolute Gasteiger partial charge is 0.495 e. The Morgan fingerprint density at radius 3 is 2.97 bits per heavy atom. The van der Waals surface area contributed by atoms with Crippen LogP contribution in [0.2, 0.25) is 0 Å². The Morgan fingerprint density at radius 2 is 2.19 bits per heavy atom. The van der Waals surface area contributed by atoms with Gasteiger partial charge in [0.25, 0.3) is 5.91 Å². The quantitative estimate of drug-likeness (QED) is 0.567. The lowest BCUT2D eigenvalue weighted by atomic mass is 9.76. The molecule has 4 atom stereocenters. The van der Waals surface area contributed by atoms with Crippen molar-refractivity contribution in [2.45, 2.75) is 25.0 Å². The van der Waals surface area contributed by atoms with Crippen LogP contribution in [0.25, 0.3) is 6.08 Å². The third-order valence-electron chi connectivity index (χ3n) is 6.55. The van der Waals surface area contributed by atoms with Gasteiger partial charge in [-0.05, 0) is 24.6 Å². The monoisotopic (exact) mass is 416 g/mol. The molecule has 0 aromatic carbocycles. The number of hydrogen-bond acceptors (Lipinski definition) is 5. The van der Waals surface area contributed by atoms with Crippen molar-refractivity contribution in [3.05, 3.63) is 71.3 Å². The molecule has 1 saturated heterocycles. The lowest BCUT2D eigenvalue weighted by Gasteiger charge is -2.32. The number of aromatic amines is 1. The highest BCUT2D eigenvalue weighted by Gasteiger charge is 2.48. The zero-order chi connectivity index (χ0) is 21.8. The molecule has 4 unspecified atom stereocenters. The minimum Gasteiger partial charge on any atom is -0.495 e. The third kappa shape index (κ3) is 2.88. The molecule has 0 saturated carbocycles. The van der Waals surface area contributed by atoms with E-state index in [9.17, 15) is 9.90 Å². The number of nitrogens with zero attached hydrogens (tertiary/aromatic N) is 1. The highest BCUT2D eigenvalue weighted by molar-refractivity contribution is 6.50. The number of H-pyrrole nitrogens is 1. The van der Waals surface area contributed by atoms with Gasteiger partial charge in [0.1, 0.15) is 5.75 Å². The van der Waals surface area contributed by atoms with E-state index in [0.29, 0.717) is 34.9 Å². The van der Waals surface area contributed by atoms with Crippen LogP contribution in [0.1, 0.15) is 19.0 Å². The van der Waals surface area contributed by atoms with E-state index >= 15 is 0 Å². The summed E-state index contributed by atoms with van der Waals surface area (Å²) in [5, 5.41) is 22.9. The van der Waals surface area contributed by atoms with Crippen LogP contribution in [0.15, 0.2) is 70.6 Å². The first-order valence-corrected chi connectivity index (χ1v) is 10.4. The second-order valence-corrected chi connectivity index (χ2v) is 8.14. The summed E-state index contributed by atoms with van der Waals surface area (Å²) >= 11 is 0. The van der Waals surface area contributed by atoms with Gasteiger partial charge in [-0.25, -0.2) is 0 Å². The van der Waals surface area contributed by atoms with E-state index in [1.165, 1.54) is 0 Å². The third-order valence-corrected chi connectivity index (χ3v) is 6.55. The van der Waals surface area contributed by atoms with E-state index in [4.69, 9.17) is 15.1 Å². The van der Waals surface area contributed by atoms with Gasteiger partial charge >= 0.3 is 0 Å². The van der Waals surface area contributed by atoms with Crippen molar-refractivity contribution in [1.82, 2.24) is 10.3 Å². The predicted molar refractivity (Wildman–Crippen MR) is 119 cm³/mol. The van der Waals surface area contributed by atoms with Gasteiger partial charge in [0.2, 0.25) is 0 Å². The maximum atomic E-state index is 12.8. The lowest BCUT2D eigenvalue weighted by Crippen LogP contribution is -2.42. The number of ether oxygens (including phenoxy) is 1. The molecule has 3 heterocycles. The number of hydrogen-bond donors (Lipinski definition) is 4. The molecule has 5 rings (SSSR count). The normalized spacial score (nSPS) is 32.4. The van der Waals surface area contributed by atoms with Crippen LogP contribution in [0.4, 0.5) is 0 Å². The summed E-state index contributed by atoms with van der Waals surface area (Å²) in [7, 11) is 1.59. The Morgan fingerprint density at radius 1 is 1.35 bits per heavy atom. The summed E-state index contributed by atoms with van der Waals surface area (Å²) in [6.07, 6.45) is 15.2. The number of carbonyl (C=O) groups excluding carboxylic acids is 1. The van der Waals surface area contributed by atoms with Crippen molar-refractivity contribution in [3.63, 3.8) is 0 Å². The predicted octanol–water partition coefficient (Wildman–Crippen LogP) is 2.70. The van der Waals surface area contributed by atoms with Gasteiger partial charge in [-0.2, -0.15) is 0 Å². The van der Waals surface area contributed by atoms with Crippen molar-refractivity contribution in [3.8, 4) is 5.75 Å². The SMILES string of the molecule is CCC1(O)C=CC=CC1C1=NC2C(=CC=C3NC(=O)/C(=C\c4[nH]ccc4OC)C32)C1=N. The van der Waals surface area contributed by atoms with Crippen molar-refractivity contribution >= 4 is 23.4 Å². The second-order valence-electron chi connectivity index (χ2n) is 8.14. The summed E-state index contributed by atoms with van der Waals surface area (Å²) in [5.74, 6) is -0.231. The number of aromatic nitrogens is 1. The molecule has 1 amide bonds.